The van der Waals surface area contributed by atoms with Crippen molar-refractivity contribution in [3.05, 3.63) is 59.3 Å². The van der Waals surface area contributed by atoms with Gasteiger partial charge in [-0.05, 0) is 44.1 Å². The number of likely N-dealkylation sites (tertiary alicyclic amines) is 1. The molecule has 7 nitrogen and oxygen atoms in total. The summed E-state index contributed by atoms with van der Waals surface area (Å²) in [7, 11) is 0. The summed E-state index contributed by atoms with van der Waals surface area (Å²) >= 11 is 0. The van der Waals surface area contributed by atoms with Crippen molar-refractivity contribution in [1.82, 2.24) is 19.7 Å². The van der Waals surface area contributed by atoms with E-state index >= 15 is 0 Å². The van der Waals surface area contributed by atoms with Crippen molar-refractivity contribution in [3.8, 4) is 5.69 Å². The summed E-state index contributed by atoms with van der Waals surface area (Å²) in [6.07, 6.45) is 8.23. The van der Waals surface area contributed by atoms with Crippen LogP contribution in [0.1, 0.15) is 18.4 Å². The monoisotopic (exact) mass is 362 g/mol. The highest BCUT2D eigenvalue weighted by molar-refractivity contribution is 5.65. The quantitative estimate of drug-likeness (QED) is 0.811. The van der Waals surface area contributed by atoms with Gasteiger partial charge in [-0.15, -0.1) is 5.10 Å². The fourth-order valence-corrected chi connectivity index (χ4v) is 3.39. The van der Waals surface area contributed by atoms with Crippen LogP contribution >= 0.6 is 0 Å². The van der Waals surface area contributed by atoms with E-state index < -0.39 is 0 Å². The molecule has 7 heteroatoms. The number of aryl methyl sites for hydroxylation is 1. The van der Waals surface area contributed by atoms with Crippen LogP contribution in [0.4, 0.5) is 11.9 Å². The largest absolute Gasteiger partial charge is 0.372 e. The summed E-state index contributed by atoms with van der Waals surface area (Å²) in [6.45, 7) is 4.08. The number of aromatic nitrogens is 3. The first kappa shape index (κ1) is 17.1. The molecular formula is C20H22N6O. The molecule has 1 saturated heterocycles. The van der Waals surface area contributed by atoms with Gasteiger partial charge < -0.3 is 16.0 Å². The lowest BCUT2D eigenvalue weighted by Crippen LogP contribution is -2.26. The number of carbonyl (C=O) groups excluding carboxylic acids is 1. The van der Waals surface area contributed by atoms with Gasteiger partial charge in [-0.2, -0.15) is 9.67 Å². The van der Waals surface area contributed by atoms with Crippen molar-refractivity contribution in [1.29, 1.82) is 0 Å². The standard InChI is InChI=1S/C20H22N6O/c1-14-4-6-16(7-5-14)26-19(21)23-20(24-26)22-18-9-8-17(12-15(18)13-27)25-10-2-3-11-25/h4-9,12,18H,2-3,10-11H2,1H3,(H3,21,22,23,24). The molecule has 2 heterocycles. The molecular weight excluding hydrogens is 340 g/mol. The van der Waals surface area contributed by atoms with Gasteiger partial charge in [0.2, 0.25) is 11.9 Å². The maximum atomic E-state index is 11.5. The van der Waals surface area contributed by atoms with E-state index in [9.17, 15) is 4.79 Å². The minimum atomic E-state index is -0.331. The second kappa shape index (κ2) is 7.13. The highest BCUT2D eigenvalue weighted by Gasteiger charge is 2.22. The zero-order chi connectivity index (χ0) is 18.8. The van der Waals surface area contributed by atoms with E-state index in [0.29, 0.717) is 11.5 Å². The Morgan fingerprint density at radius 2 is 1.96 bits per heavy atom. The molecule has 1 aromatic heterocycles. The lowest BCUT2D eigenvalue weighted by atomic mass is 10.0. The molecule has 1 aliphatic carbocycles. The molecule has 2 aromatic rings. The summed E-state index contributed by atoms with van der Waals surface area (Å²) in [6, 6.07) is 7.53. The predicted octanol–water partition coefficient (Wildman–Crippen LogP) is 2.25. The maximum absolute atomic E-state index is 11.5. The Labute approximate surface area is 157 Å². The van der Waals surface area contributed by atoms with Crippen molar-refractivity contribution in [2.75, 3.05) is 24.1 Å². The molecule has 138 valence electrons. The molecule has 3 N–H and O–H groups in total. The third kappa shape index (κ3) is 3.50. The van der Waals surface area contributed by atoms with Gasteiger partial charge in [0.25, 0.3) is 0 Å². The fourth-order valence-electron chi connectivity index (χ4n) is 3.39. The smallest absolute Gasteiger partial charge is 0.245 e. The van der Waals surface area contributed by atoms with Gasteiger partial charge in [0.1, 0.15) is 5.94 Å². The van der Waals surface area contributed by atoms with Gasteiger partial charge >= 0.3 is 0 Å². The minimum absolute atomic E-state index is 0.283. The zero-order valence-electron chi connectivity index (χ0n) is 15.2. The van der Waals surface area contributed by atoms with Gasteiger partial charge in [-0.25, -0.2) is 4.79 Å². The molecule has 4 rings (SSSR count). The number of anilines is 2. The van der Waals surface area contributed by atoms with Crippen molar-refractivity contribution in [2.24, 2.45) is 0 Å². The third-order valence-corrected chi connectivity index (χ3v) is 4.88. The van der Waals surface area contributed by atoms with E-state index in [1.165, 1.54) is 12.8 Å². The van der Waals surface area contributed by atoms with Crippen LogP contribution in [0.15, 0.2) is 53.8 Å². The van der Waals surface area contributed by atoms with E-state index in [4.69, 9.17) is 5.73 Å². The normalized spacial score (nSPS) is 19.1. The molecule has 0 bridgehead atoms. The van der Waals surface area contributed by atoms with Crippen LogP contribution in [0.25, 0.3) is 5.69 Å². The van der Waals surface area contributed by atoms with E-state index in [0.717, 1.165) is 30.0 Å². The average molecular weight is 362 g/mol. The van der Waals surface area contributed by atoms with Crippen LogP contribution in [-0.2, 0) is 4.79 Å². The van der Waals surface area contributed by atoms with Crippen LogP contribution in [0.2, 0.25) is 0 Å². The molecule has 0 amide bonds. The number of hydrogen-bond acceptors (Lipinski definition) is 6. The molecule has 0 saturated carbocycles. The third-order valence-electron chi connectivity index (χ3n) is 4.88. The maximum Gasteiger partial charge on any atom is 0.245 e. The van der Waals surface area contributed by atoms with Crippen LogP contribution < -0.4 is 11.1 Å². The Morgan fingerprint density at radius 3 is 2.67 bits per heavy atom. The average Bonchev–Trinajstić information content (AvgIpc) is 3.33. The lowest BCUT2D eigenvalue weighted by molar-refractivity contribution is 0.438. The number of nitrogens with zero attached hydrogens (tertiary/aromatic N) is 4. The van der Waals surface area contributed by atoms with Crippen molar-refractivity contribution >= 4 is 17.8 Å². The van der Waals surface area contributed by atoms with E-state index in [1.807, 2.05) is 55.4 Å². The van der Waals surface area contributed by atoms with Gasteiger partial charge in [0, 0.05) is 18.8 Å². The molecule has 1 atom stereocenters. The van der Waals surface area contributed by atoms with Gasteiger partial charge in [0.05, 0.1) is 17.3 Å². The number of allylic oxidation sites excluding steroid dienone is 1. The zero-order valence-corrected chi connectivity index (χ0v) is 15.2. The van der Waals surface area contributed by atoms with Crippen molar-refractivity contribution in [2.45, 2.75) is 25.8 Å². The molecule has 1 aliphatic heterocycles. The molecule has 27 heavy (non-hydrogen) atoms. The van der Waals surface area contributed by atoms with Gasteiger partial charge in [-0.1, -0.05) is 23.8 Å². The number of nitrogens with one attached hydrogen (secondary N) is 1. The number of rotatable bonds is 4. The Morgan fingerprint density at radius 1 is 1.22 bits per heavy atom. The highest BCUT2D eigenvalue weighted by atomic mass is 16.1. The molecule has 1 unspecified atom stereocenters. The predicted molar refractivity (Wildman–Crippen MR) is 105 cm³/mol. The lowest BCUT2D eigenvalue weighted by Gasteiger charge is -2.24. The second-order valence-corrected chi connectivity index (χ2v) is 6.84. The van der Waals surface area contributed by atoms with Crippen LogP contribution in [-0.4, -0.2) is 44.7 Å². The first-order valence-corrected chi connectivity index (χ1v) is 9.10. The minimum Gasteiger partial charge on any atom is -0.372 e. The molecule has 2 aliphatic rings. The van der Waals surface area contributed by atoms with Crippen molar-refractivity contribution < 1.29 is 4.79 Å². The number of nitrogen functional groups attached to an aromatic ring is 1. The van der Waals surface area contributed by atoms with Gasteiger partial charge in [0.15, 0.2) is 0 Å². The van der Waals surface area contributed by atoms with E-state index in [1.54, 1.807) is 4.68 Å². The molecule has 1 fully saturated rings. The first-order valence-electron chi connectivity index (χ1n) is 9.10. The number of benzene rings is 1. The summed E-state index contributed by atoms with van der Waals surface area (Å²) in [5.41, 5.74) is 9.60. The molecule has 1 aromatic carbocycles. The Bertz CT molecular complexity index is 943. The Balaban J connectivity index is 1.53. The van der Waals surface area contributed by atoms with E-state index in [2.05, 4.69) is 20.3 Å². The van der Waals surface area contributed by atoms with Crippen LogP contribution in [0.3, 0.4) is 0 Å². The fraction of sp³-hybridized carbons (Fsp3) is 0.300. The summed E-state index contributed by atoms with van der Waals surface area (Å²) < 4.78 is 1.57. The SMILES string of the molecule is Cc1ccc(-n2nc(NC3C=CC(N4CCCC4)=CC3=C=O)nc2N)cc1. The van der Waals surface area contributed by atoms with Gasteiger partial charge in [-0.3, -0.25) is 0 Å². The van der Waals surface area contributed by atoms with Crippen molar-refractivity contribution in [3.63, 3.8) is 0 Å². The number of nitrogens with two attached hydrogens (primary N) is 1. The highest BCUT2D eigenvalue weighted by Crippen LogP contribution is 2.24. The molecule has 0 spiro atoms. The second-order valence-electron chi connectivity index (χ2n) is 6.84. The first-order chi connectivity index (χ1) is 13.1. The van der Waals surface area contributed by atoms with E-state index in [-0.39, 0.29) is 12.0 Å². The molecule has 0 radical (unpaired) electrons. The Hall–Kier alpha value is -3.31. The summed E-state index contributed by atoms with van der Waals surface area (Å²) in [4.78, 5) is 18.0. The summed E-state index contributed by atoms with van der Waals surface area (Å²) in [5.74, 6) is 2.70. The number of hydrogen-bond donors (Lipinski definition) is 2. The summed E-state index contributed by atoms with van der Waals surface area (Å²) in [5, 5.41) is 7.59. The topological polar surface area (TPSA) is 89.1 Å². The van der Waals surface area contributed by atoms with Crippen LogP contribution in [0.5, 0.6) is 0 Å². The Kier molecular flexibility index (Phi) is 4.52. The van der Waals surface area contributed by atoms with Crippen LogP contribution in [0, 0.1) is 6.92 Å².